The van der Waals surface area contributed by atoms with E-state index in [2.05, 4.69) is 0 Å². The Morgan fingerprint density at radius 3 is 2.12 bits per heavy atom. The molecule has 0 saturated carbocycles. The van der Waals surface area contributed by atoms with Crippen molar-refractivity contribution in [2.45, 2.75) is 6.92 Å². The van der Waals surface area contributed by atoms with Crippen LogP contribution in [0.3, 0.4) is 0 Å². The monoisotopic (exact) mass is 238 g/mol. The summed E-state index contributed by atoms with van der Waals surface area (Å²) in [5.74, 6) is -3.07. The number of halogens is 3. The van der Waals surface area contributed by atoms with Crippen molar-refractivity contribution in [2.24, 2.45) is 0 Å². The maximum absolute atomic E-state index is 13.6. The van der Waals surface area contributed by atoms with Gasteiger partial charge in [-0.1, -0.05) is 12.1 Å². The highest BCUT2D eigenvalue weighted by molar-refractivity contribution is 5.65. The second-order valence-electron chi connectivity index (χ2n) is 3.71. The fourth-order valence-corrected chi connectivity index (χ4v) is 1.54. The number of benzene rings is 2. The average molecular weight is 238 g/mol. The van der Waals surface area contributed by atoms with Gasteiger partial charge in [-0.25, -0.2) is 13.2 Å². The summed E-state index contributed by atoms with van der Waals surface area (Å²) in [6, 6.07) is 6.37. The van der Waals surface area contributed by atoms with Crippen LogP contribution in [-0.2, 0) is 0 Å². The normalized spacial score (nSPS) is 10.6. The van der Waals surface area contributed by atoms with E-state index in [1.54, 1.807) is 0 Å². The topological polar surface area (TPSA) is 20.2 Å². The minimum atomic E-state index is -1.19. The number of hydrogen-bond donors (Lipinski definition) is 1. The van der Waals surface area contributed by atoms with Crippen molar-refractivity contribution in [3.63, 3.8) is 0 Å². The molecule has 0 saturated heterocycles. The van der Waals surface area contributed by atoms with Crippen molar-refractivity contribution >= 4 is 0 Å². The molecule has 1 nitrogen and oxygen atoms in total. The molecule has 0 aromatic heterocycles. The first kappa shape index (κ1) is 11.5. The molecule has 0 aliphatic carbocycles. The lowest BCUT2D eigenvalue weighted by molar-refractivity contribution is 0.475. The minimum absolute atomic E-state index is 0.00205. The van der Waals surface area contributed by atoms with Gasteiger partial charge in [0, 0.05) is 11.1 Å². The first-order valence-corrected chi connectivity index (χ1v) is 4.94. The molecule has 0 spiro atoms. The van der Waals surface area contributed by atoms with Crippen molar-refractivity contribution in [3.8, 4) is 16.9 Å². The molecule has 0 fully saturated rings. The Morgan fingerprint density at radius 1 is 0.941 bits per heavy atom. The Labute approximate surface area is 96.1 Å². The van der Waals surface area contributed by atoms with Crippen LogP contribution in [0.2, 0.25) is 0 Å². The third-order valence-electron chi connectivity index (χ3n) is 2.57. The van der Waals surface area contributed by atoms with Crippen molar-refractivity contribution in [1.82, 2.24) is 0 Å². The van der Waals surface area contributed by atoms with E-state index in [0.29, 0.717) is 5.56 Å². The molecule has 2 rings (SSSR count). The standard InChI is InChI=1S/C13H9F3O/c1-7-11(14)6-10(13(16)12(7)15)8-2-4-9(17)5-3-8/h2-6,17H,1H3. The predicted octanol–water partition coefficient (Wildman–Crippen LogP) is 3.78. The van der Waals surface area contributed by atoms with Crippen LogP contribution in [0.15, 0.2) is 30.3 Å². The third-order valence-corrected chi connectivity index (χ3v) is 2.57. The van der Waals surface area contributed by atoms with Gasteiger partial charge in [0.1, 0.15) is 11.6 Å². The Balaban J connectivity index is 2.64. The molecular weight excluding hydrogens is 229 g/mol. The number of rotatable bonds is 1. The van der Waals surface area contributed by atoms with Gasteiger partial charge in [-0.15, -0.1) is 0 Å². The number of phenolic OH excluding ortho intramolecular Hbond substituents is 1. The SMILES string of the molecule is Cc1c(F)cc(-c2ccc(O)cc2)c(F)c1F. The molecule has 0 heterocycles. The fraction of sp³-hybridized carbons (Fsp3) is 0.0769. The molecule has 88 valence electrons. The molecule has 4 heteroatoms. The largest absolute Gasteiger partial charge is 0.508 e. The molecule has 0 aliphatic rings. The van der Waals surface area contributed by atoms with Crippen LogP contribution >= 0.6 is 0 Å². The van der Waals surface area contributed by atoms with Crippen molar-refractivity contribution < 1.29 is 18.3 Å². The molecule has 2 aromatic rings. The highest BCUT2D eigenvalue weighted by atomic mass is 19.2. The number of aromatic hydroxyl groups is 1. The summed E-state index contributed by atoms with van der Waals surface area (Å²) in [6.45, 7) is 1.17. The smallest absolute Gasteiger partial charge is 0.167 e. The Hall–Kier alpha value is -1.97. The van der Waals surface area contributed by atoms with Gasteiger partial charge in [0.25, 0.3) is 0 Å². The maximum atomic E-state index is 13.6. The van der Waals surface area contributed by atoms with Crippen molar-refractivity contribution in [1.29, 1.82) is 0 Å². The molecular formula is C13H9F3O. The van der Waals surface area contributed by atoms with Crippen LogP contribution in [-0.4, -0.2) is 5.11 Å². The van der Waals surface area contributed by atoms with Gasteiger partial charge in [0.2, 0.25) is 0 Å². The first-order valence-electron chi connectivity index (χ1n) is 4.94. The summed E-state index contributed by atoms with van der Waals surface area (Å²) in [5, 5.41) is 9.08. The first-order chi connectivity index (χ1) is 8.00. The number of phenols is 1. The van der Waals surface area contributed by atoms with Crippen molar-refractivity contribution in [3.05, 3.63) is 53.3 Å². The predicted molar refractivity (Wildman–Crippen MR) is 58.2 cm³/mol. The van der Waals surface area contributed by atoms with Gasteiger partial charge >= 0.3 is 0 Å². The van der Waals surface area contributed by atoms with Gasteiger partial charge in [0.05, 0.1) is 0 Å². The lowest BCUT2D eigenvalue weighted by Gasteiger charge is -2.07. The van der Waals surface area contributed by atoms with E-state index >= 15 is 0 Å². The lowest BCUT2D eigenvalue weighted by Crippen LogP contribution is -1.97. The molecule has 17 heavy (non-hydrogen) atoms. The quantitative estimate of drug-likeness (QED) is 0.749. The summed E-state index contributed by atoms with van der Waals surface area (Å²) in [6.07, 6.45) is 0. The zero-order chi connectivity index (χ0) is 12.6. The molecule has 0 radical (unpaired) electrons. The highest BCUT2D eigenvalue weighted by Gasteiger charge is 2.16. The number of hydrogen-bond acceptors (Lipinski definition) is 1. The molecule has 0 amide bonds. The summed E-state index contributed by atoms with van der Waals surface area (Å²) in [4.78, 5) is 0. The summed E-state index contributed by atoms with van der Waals surface area (Å²) >= 11 is 0. The molecule has 0 aliphatic heterocycles. The molecule has 1 N–H and O–H groups in total. The van der Waals surface area contributed by atoms with E-state index in [-0.39, 0.29) is 16.9 Å². The average Bonchev–Trinajstić information content (AvgIpc) is 2.32. The van der Waals surface area contributed by atoms with Crippen LogP contribution in [0.25, 0.3) is 11.1 Å². The zero-order valence-electron chi connectivity index (χ0n) is 8.97. The van der Waals surface area contributed by atoms with Crippen LogP contribution in [0, 0.1) is 24.4 Å². The van der Waals surface area contributed by atoms with Gasteiger partial charge in [-0.05, 0) is 30.7 Å². The van der Waals surface area contributed by atoms with E-state index in [1.807, 2.05) is 0 Å². The van der Waals surface area contributed by atoms with E-state index in [4.69, 9.17) is 5.11 Å². The molecule has 0 unspecified atom stereocenters. The van der Waals surface area contributed by atoms with Gasteiger partial charge < -0.3 is 5.11 Å². The van der Waals surface area contributed by atoms with E-state index < -0.39 is 17.5 Å². The van der Waals surface area contributed by atoms with Gasteiger partial charge in [-0.3, -0.25) is 0 Å². The van der Waals surface area contributed by atoms with Crippen molar-refractivity contribution in [2.75, 3.05) is 0 Å². The van der Waals surface area contributed by atoms with Crippen LogP contribution in [0.5, 0.6) is 5.75 Å². The second-order valence-corrected chi connectivity index (χ2v) is 3.71. The van der Waals surface area contributed by atoms with Gasteiger partial charge in [0.15, 0.2) is 11.6 Å². The molecule has 0 bridgehead atoms. The van der Waals surface area contributed by atoms with Crippen LogP contribution in [0.4, 0.5) is 13.2 Å². The Kier molecular flexibility index (Phi) is 2.79. The second kappa shape index (κ2) is 4.13. The van der Waals surface area contributed by atoms with E-state index in [9.17, 15) is 13.2 Å². The zero-order valence-corrected chi connectivity index (χ0v) is 8.97. The van der Waals surface area contributed by atoms with Gasteiger partial charge in [-0.2, -0.15) is 0 Å². The van der Waals surface area contributed by atoms with Crippen LogP contribution < -0.4 is 0 Å². The molecule has 2 aromatic carbocycles. The van der Waals surface area contributed by atoms with Crippen LogP contribution in [0.1, 0.15) is 5.56 Å². The maximum Gasteiger partial charge on any atom is 0.167 e. The summed E-state index contributed by atoms with van der Waals surface area (Å²) in [5.41, 5.74) is -0.200. The minimum Gasteiger partial charge on any atom is -0.508 e. The molecule has 0 atom stereocenters. The lowest BCUT2D eigenvalue weighted by atomic mass is 10.0. The third kappa shape index (κ3) is 1.98. The van der Waals surface area contributed by atoms with E-state index in [0.717, 1.165) is 6.07 Å². The summed E-state index contributed by atoms with van der Waals surface area (Å²) in [7, 11) is 0. The Morgan fingerprint density at radius 2 is 1.53 bits per heavy atom. The highest BCUT2D eigenvalue weighted by Crippen LogP contribution is 2.29. The van der Waals surface area contributed by atoms with E-state index in [1.165, 1.54) is 31.2 Å². The summed E-state index contributed by atoms with van der Waals surface area (Å²) < 4.78 is 40.3. The Bertz CT molecular complexity index is 562. The fourth-order valence-electron chi connectivity index (χ4n) is 1.54.